The van der Waals surface area contributed by atoms with Crippen molar-refractivity contribution >= 4 is 40.5 Å². The number of amides is 4. The summed E-state index contributed by atoms with van der Waals surface area (Å²) in [7, 11) is 0. The van der Waals surface area contributed by atoms with Crippen molar-refractivity contribution in [2.24, 2.45) is 0 Å². The minimum atomic E-state index is -1.20. The number of thiazole rings is 1. The molecule has 2 N–H and O–H groups in total. The van der Waals surface area contributed by atoms with Crippen molar-refractivity contribution in [1.29, 1.82) is 0 Å². The van der Waals surface area contributed by atoms with E-state index in [2.05, 4.69) is 15.7 Å². The molecule has 1 aromatic carbocycles. The zero-order valence-electron chi connectivity index (χ0n) is 15.8. The maximum atomic E-state index is 13.1. The van der Waals surface area contributed by atoms with Gasteiger partial charge in [0.15, 0.2) is 0 Å². The number of hydrogen-bond donors (Lipinski definition) is 2. The molecule has 3 aromatic rings. The number of hydrogen-bond acceptors (Lipinski definition) is 6. The lowest BCUT2D eigenvalue weighted by Gasteiger charge is -2.25. The molecular weight excluding hydrogens is 408 g/mol. The van der Waals surface area contributed by atoms with Gasteiger partial charge in [-0.2, -0.15) is 16.3 Å². The molecule has 3 heterocycles. The van der Waals surface area contributed by atoms with Crippen molar-refractivity contribution < 1.29 is 14.4 Å². The van der Waals surface area contributed by atoms with Gasteiger partial charge in [-0.3, -0.25) is 15.0 Å². The molecule has 7 nitrogen and oxygen atoms in total. The number of thiophene rings is 1. The molecule has 1 fully saturated rings. The number of rotatable bonds is 5. The van der Waals surface area contributed by atoms with Crippen LogP contribution >= 0.6 is 22.7 Å². The molecule has 29 heavy (non-hydrogen) atoms. The number of urea groups is 1. The first-order valence-corrected chi connectivity index (χ1v) is 10.8. The van der Waals surface area contributed by atoms with E-state index in [1.807, 2.05) is 29.8 Å². The van der Waals surface area contributed by atoms with Gasteiger partial charge in [-0.05, 0) is 30.4 Å². The van der Waals surface area contributed by atoms with Gasteiger partial charge in [0.05, 0.1) is 5.69 Å². The Hall–Kier alpha value is -3.04. The number of aryl methyl sites for hydroxylation is 1. The van der Waals surface area contributed by atoms with Crippen LogP contribution in [0.1, 0.15) is 34.3 Å². The Morgan fingerprint density at radius 2 is 2.00 bits per heavy atom. The largest absolute Gasteiger partial charge is 0.344 e. The van der Waals surface area contributed by atoms with E-state index in [-0.39, 0.29) is 0 Å². The number of nitrogens with zero attached hydrogens (tertiary/aromatic N) is 2. The summed E-state index contributed by atoms with van der Waals surface area (Å²) in [6.07, 6.45) is 0.357. The third kappa shape index (κ3) is 3.22. The molecule has 0 spiro atoms. The van der Waals surface area contributed by atoms with Crippen LogP contribution in [-0.2, 0) is 10.3 Å². The Labute approximate surface area is 175 Å². The normalized spacial score (nSPS) is 18.8. The Morgan fingerprint density at radius 3 is 2.66 bits per heavy atom. The molecule has 1 aliphatic heterocycles. The quantitative estimate of drug-likeness (QED) is 0.609. The number of nitrogens with one attached hydrogen (secondary N) is 2. The summed E-state index contributed by atoms with van der Waals surface area (Å²) in [4.78, 5) is 43.3. The van der Waals surface area contributed by atoms with Crippen molar-refractivity contribution in [3.63, 3.8) is 0 Å². The first-order valence-electron chi connectivity index (χ1n) is 8.99. The van der Waals surface area contributed by atoms with E-state index in [1.165, 1.54) is 11.3 Å². The molecule has 0 bridgehead atoms. The number of carbonyl (C=O) groups excluding carboxylic acids is 3. The average Bonchev–Trinajstić information content (AvgIpc) is 3.44. The van der Waals surface area contributed by atoms with Crippen LogP contribution in [-0.4, -0.2) is 27.8 Å². The molecule has 4 amide bonds. The number of hydrazine groups is 1. The van der Waals surface area contributed by atoms with Gasteiger partial charge < -0.3 is 5.32 Å². The molecule has 148 valence electrons. The van der Waals surface area contributed by atoms with Crippen LogP contribution < -0.4 is 10.7 Å². The Bertz CT molecular complexity index is 1080. The average molecular weight is 427 g/mol. The molecular formula is C20H18N4O3S2. The highest BCUT2D eigenvalue weighted by Crippen LogP contribution is 2.32. The SMILES string of the molecule is CCC1(c2ccccc2)NC(=O)N(NC(=O)c2sc(-c3ccsc3)nc2C)C1=O. The molecule has 1 unspecified atom stereocenters. The van der Waals surface area contributed by atoms with Crippen LogP contribution in [0.15, 0.2) is 47.2 Å². The first kappa shape index (κ1) is 19.3. The molecule has 1 aliphatic rings. The van der Waals surface area contributed by atoms with E-state index in [1.54, 1.807) is 42.5 Å². The number of carbonyl (C=O) groups is 3. The monoisotopic (exact) mass is 426 g/mol. The number of benzene rings is 1. The molecule has 1 atom stereocenters. The highest BCUT2D eigenvalue weighted by molar-refractivity contribution is 7.17. The predicted molar refractivity (Wildman–Crippen MR) is 111 cm³/mol. The third-order valence-corrected chi connectivity index (χ3v) is 6.76. The number of imide groups is 1. The van der Waals surface area contributed by atoms with Crippen LogP contribution in [0.4, 0.5) is 4.79 Å². The van der Waals surface area contributed by atoms with Crippen molar-refractivity contribution in [3.05, 3.63) is 63.3 Å². The van der Waals surface area contributed by atoms with Gasteiger partial charge in [-0.25, -0.2) is 9.78 Å². The summed E-state index contributed by atoms with van der Waals surface area (Å²) >= 11 is 2.77. The fraction of sp³-hybridized carbons (Fsp3) is 0.200. The Balaban J connectivity index is 1.59. The highest BCUT2D eigenvalue weighted by Gasteiger charge is 2.52. The van der Waals surface area contributed by atoms with Crippen LogP contribution in [0.3, 0.4) is 0 Å². The van der Waals surface area contributed by atoms with E-state index < -0.39 is 23.4 Å². The second kappa shape index (κ2) is 7.41. The van der Waals surface area contributed by atoms with Crippen molar-refractivity contribution in [2.75, 3.05) is 0 Å². The molecule has 0 saturated carbocycles. The molecule has 9 heteroatoms. The standard InChI is InChI=1S/C20H18N4O3S2/c1-3-20(14-7-5-4-6-8-14)18(26)24(19(27)22-20)23-16(25)15-12(2)21-17(29-15)13-9-10-28-11-13/h4-11H,3H2,1-2H3,(H,22,27)(H,23,25). The van der Waals surface area contributed by atoms with Gasteiger partial charge in [0, 0.05) is 10.9 Å². The zero-order valence-corrected chi connectivity index (χ0v) is 17.4. The lowest BCUT2D eigenvalue weighted by Crippen LogP contribution is -2.48. The maximum Gasteiger partial charge on any atom is 0.344 e. The maximum absolute atomic E-state index is 13.1. The Kier molecular flexibility index (Phi) is 4.93. The summed E-state index contributed by atoms with van der Waals surface area (Å²) in [5, 5.41) is 8.12. The second-order valence-electron chi connectivity index (χ2n) is 6.58. The van der Waals surface area contributed by atoms with Crippen molar-refractivity contribution in [3.8, 4) is 10.6 Å². The van der Waals surface area contributed by atoms with E-state index in [0.29, 0.717) is 22.6 Å². The van der Waals surface area contributed by atoms with E-state index >= 15 is 0 Å². The smallest absolute Gasteiger partial charge is 0.318 e. The fourth-order valence-corrected chi connectivity index (χ4v) is 4.98. The molecule has 4 rings (SSSR count). The van der Waals surface area contributed by atoms with Gasteiger partial charge in [0.25, 0.3) is 11.8 Å². The van der Waals surface area contributed by atoms with E-state index in [0.717, 1.165) is 15.6 Å². The van der Waals surface area contributed by atoms with Gasteiger partial charge >= 0.3 is 6.03 Å². The lowest BCUT2D eigenvalue weighted by molar-refractivity contribution is -0.133. The van der Waals surface area contributed by atoms with E-state index in [9.17, 15) is 14.4 Å². The van der Waals surface area contributed by atoms with Crippen molar-refractivity contribution in [2.45, 2.75) is 25.8 Å². The summed E-state index contributed by atoms with van der Waals surface area (Å²) in [5.74, 6) is -1.05. The predicted octanol–water partition coefficient (Wildman–Crippen LogP) is 3.68. The summed E-state index contributed by atoms with van der Waals surface area (Å²) < 4.78 is 0. The zero-order chi connectivity index (χ0) is 20.6. The topological polar surface area (TPSA) is 91.4 Å². The van der Waals surface area contributed by atoms with Gasteiger partial charge in [0.1, 0.15) is 15.4 Å². The molecule has 0 radical (unpaired) electrons. The van der Waals surface area contributed by atoms with Gasteiger partial charge in [0.2, 0.25) is 0 Å². The van der Waals surface area contributed by atoms with E-state index in [4.69, 9.17) is 0 Å². The van der Waals surface area contributed by atoms with Crippen molar-refractivity contribution in [1.82, 2.24) is 20.7 Å². The Morgan fingerprint density at radius 1 is 1.24 bits per heavy atom. The van der Waals surface area contributed by atoms with Crippen LogP contribution in [0.5, 0.6) is 0 Å². The summed E-state index contributed by atoms with van der Waals surface area (Å²) in [6, 6.07) is 10.3. The minimum Gasteiger partial charge on any atom is -0.318 e. The molecule has 2 aromatic heterocycles. The lowest BCUT2D eigenvalue weighted by atomic mass is 9.87. The van der Waals surface area contributed by atoms with Crippen LogP contribution in [0.25, 0.3) is 10.6 Å². The van der Waals surface area contributed by atoms with Gasteiger partial charge in [-0.15, -0.1) is 11.3 Å². The minimum absolute atomic E-state index is 0.357. The second-order valence-corrected chi connectivity index (χ2v) is 8.36. The molecule has 0 aliphatic carbocycles. The third-order valence-electron chi connectivity index (χ3n) is 4.87. The summed E-state index contributed by atoms with van der Waals surface area (Å²) in [6.45, 7) is 3.55. The fourth-order valence-electron chi connectivity index (χ4n) is 3.31. The highest BCUT2D eigenvalue weighted by atomic mass is 32.1. The van der Waals surface area contributed by atoms with Crippen LogP contribution in [0, 0.1) is 6.92 Å². The van der Waals surface area contributed by atoms with Gasteiger partial charge in [-0.1, -0.05) is 37.3 Å². The van der Waals surface area contributed by atoms with Crippen LogP contribution in [0.2, 0.25) is 0 Å². The summed E-state index contributed by atoms with van der Waals surface area (Å²) in [5.41, 5.74) is 3.42. The molecule has 1 saturated heterocycles. The first-order chi connectivity index (χ1) is 14.0. The number of aromatic nitrogens is 1.